The van der Waals surface area contributed by atoms with E-state index in [9.17, 15) is 4.79 Å². The highest BCUT2D eigenvalue weighted by Gasteiger charge is 2.09. The van der Waals surface area contributed by atoms with E-state index in [-0.39, 0.29) is 6.03 Å². The number of rotatable bonds is 4. The summed E-state index contributed by atoms with van der Waals surface area (Å²) < 4.78 is 5.17. The fourth-order valence-electron chi connectivity index (χ4n) is 1.87. The summed E-state index contributed by atoms with van der Waals surface area (Å²) in [6, 6.07) is 14.5. The number of amides is 2. The van der Waals surface area contributed by atoms with Crippen LogP contribution < -0.4 is 10.1 Å². The van der Waals surface area contributed by atoms with Crippen LogP contribution in [0.3, 0.4) is 0 Å². The minimum Gasteiger partial charge on any atom is -0.497 e. The van der Waals surface area contributed by atoms with Gasteiger partial charge in [-0.2, -0.15) is 0 Å². The van der Waals surface area contributed by atoms with Crippen molar-refractivity contribution in [2.75, 3.05) is 19.5 Å². The molecule has 2 aromatic carbocycles. The normalized spacial score (nSPS) is 10.0. The number of hydrogen-bond donors (Lipinski definition) is 1. The number of nitrogens with zero attached hydrogens (tertiary/aromatic N) is 1. The zero-order valence-electron chi connectivity index (χ0n) is 12.0. The van der Waals surface area contributed by atoms with Crippen LogP contribution in [-0.4, -0.2) is 25.1 Å². The molecule has 0 saturated carbocycles. The van der Waals surface area contributed by atoms with Gasteiger partial charge in [0.25, 0.3) is 0 Å². The lowest BCUT2D eigenvalue weighted by molar-refractivity contribution is 0.220. The van der Waals surface area contributed by atoms with Gasteiger partial charge in [0.2, 0.25) is 0 Å². The average Bonchev–Trinajstić information content (AvgIpc) is 2.49. The largest absolute Gasteiger partial charge is 0.497 e. The van der Waals surface area contributed by atoms with Gasteiger partial charge in [0.15, 0.2) is 0 Å². The van der Waals surface area contributed by atoms with Gasteiger partial charge in [0.1, 0.15) is 5.75 Å². The summed E-state index contributed by atoms with van der Waals surface area (Å²) in [4.78, 5) is 13.7. The summed E-state index contributed by atoms with van der Waals surface area (Å²) in [6.07, 6.45) is 0. The first-order valence-corrected chi connectivity index (χ1v) is 6.87. The van der Waals surface area contributed by atoms with Crippen molar-refractivity contribution >= 4 is 23.3 Å². The molecule has 0 heterocycles. The number of halogens is 1. The van der Waals surface area contributed by atoms with Crippen LogP contribution in [0, 0.1) is 0 Å². The predicted molar refractivity (Wildman–Crippen MR) is 84.9 cm³/mol. The van der Waals surface area contributed by atoms with Crippen molar-refractivity contribution in [1.29, 1.82) is 0 Å². The van der Waals surface area contributed by atoms with E-state index in [0.29, 0.717) is 17.3 Å². The molecule has 21 heavy (non-hydrogen) atoms. The highest BCUT2D eigenvalue weighted by atomic mass is 35.5. The van der Waals surface area contributed by atoms with Crippen molar-refractivity contribution in [3.63, 3.8) is 0 Å². The van der Waals surface area contributed by atoms with Crippen LogP contribution >= 0.6 is 11.6 Å². The third kappa shape index (κ3) is 4.39. The minimum absolute atomic E-state index is 0.180. The highest BCUT2D eigenvalue weighted by molar-refractivity contribution is 6.30. The van der Waals surface area contributed by atoms with E-state index in [2.05, 4.69) is 5.32 Å². The Labute approximate surface area is 129 Å². The minimum atomic E-state index is -0.180. The van der Waals surface area contributed by atoms with Crippen molar-refractivity contribution in [3.05, 3.63) is 59.1 Å². The van der Waals surface area contributed by atoms with Crippen molar-refractivity contribution in [2.24, 2.45) is 0 Å². The second-order valence-electron chi connectivity index (χ2n) is 4.64. The Bertz CT molecular complexity index is 614. The van der Waals surface area contributed by atoms with E-state index in [4.69, 9.17) is 16.3 Å². The van der Waals surface area contributed by atoms with Crippen molar-refractivity contribution in [2.45, 2.75) is 6.54 Å². The molecule has 0 saturated heterocycles. The maximum atomic E-state index is 12.1. The smallest absolute Gasteiger partial charge is 0.321 e. The summed E-state index contributed by atoms with van der Waals surface area (Å²) in [5, 5.41) is 3.45. The van der Waals surface area contributed by atoms with E-state index in [0.717, 1.165) is 11.3 Å². The molecule has 0 spiro atoms. The zero-order valence-corrected chi connectivity index (χ0v) is 12.7. The van der Waals surface area contributed by atoms with Crippen molar-refractivity contribution in [3.8, 4) is 5.75 Å². The second-order valence-corrected chi connectivity index (χ2v) is 5.08. The Morgan fingerprint density at radius 1 is 1.24 bits per heavy atom. The molecule has 0 radical (unpaired) electrons. The molecular formula is C16H17ClN2O2. The fourth-order valence-corrected chi connectivity index (χ4v) is 1.99. The summed E-state index contributed by atoms with van der Waals surface area (Å²) >= 11 is 5.81. The summed E-state index contributed by atoms with van der Waals surface area (Å²) in [7, 11) is 3.36. The molecule has 0 bridgehead atoms. The van der Waals surface area contributed by atoms with Gasteiger partial charge >= 0.3 is 6.03 Å². The van der Waals surface area contributed by atoms with Gasteiger partial charge < -0.3 is 15.0 Å². The van der Waals surface area contributed by atoms with Gasteiger partial charge in [-0.1, -0.05) is 23.7 Å². The van der Waals surface area contributed by atoms with Crippen LogP contribution in [0.15, 0.2) is 48.5 Å². The number of benzene rings is 2. The Hall–Kier alpha value is -2.20. The molecule has 4 nitrogen and oxygen atoms in total. The summed E-state index contributed by atoms with van der Waals surface area (Å²) in [6.45, 7) is 0.497. The fraction of sp³-hybridized carbons (Fsp3) is 0.188. The number of carbonyl (C=O) groups excluding carboxylic acids is 1. The SMILES string of the molecule is COc1cccc(CN(C)C(=O)Nc2ccc(Cl)cc2)c1. The Kier molecular flexibility index (Phi) is 5.06. The lowest BCUT2D eigenvalue weighted by atomic mass is 10.2. The maximum absolute atomic E-state index is 12.1. The molecule has 2 aromatic rings. The predicted octanol–water partition coefficient (Wildman–Crippen LogP) is 4.01. The number of methoxy groups -OCH3 is 1. The van der Waals surface area contributed by atoms with Gasteiger partial charge in [0, 0.05) is 24.3 Å². The van der Waals surface area contributed by atoms with E-state index < -0.39 is 0 Å². The van der Waals surface area contributed by atoms with Gasteiger partial charge in [-0.3, -0.25) is 0 Å². The van der Waals surface area contributed by atoms with E-state index in [1.54, 1.807) is 43.3 Å². The lowest BCUT2D eigenvalue weighted by Crippen LogP contribution is -2.30. The number of anilines is 1. The standard InChI is InChI=1S/C16H17ClN2O2/c1-19(11-12-4-3-5-15(10-12)21-2)16(20)18-14-8-6-13(17)7-9-14/h3-10H,11H2,1-2H3,(H,18,20). The van der Waals surface area contributed by atoms with Crippen LogP contribution in [0.25, 0.3) is 0 Å². The molecule has 0 aromatic heterocycles. The molecule has 0 aliphatic heterocycles. The molecule has 2 amide bonds. The van der Waals surface area contributed by atoms with E-state index in [1.807, 2.05) is 24.3 Å². The zero-order chi connectivity index (χ0) is 15.2. The quantitative estimate of drug-likeness (QED) is 0.927. The number of urea groups is 1. The van der Waals surface area contributed by atoms with E-state index in [1.165, 1.54) is 0 Å². The molecule has 0 fully saturated rings. The molecule has 0 aliphatic rings. The molecule has 1 N–H and O–H groups in total. The topological polar surface area (TPSA) is 41.6 Å². The number of hydrogen-bond acceptors (Lipinski definition) is 2. The molecule has 0 unspecified atom stereocenters. The van der Waals surface area contributed by atoms with Crippen LogP contribution in [0.5, 0.6) is 5.75 Å². The van der Waals surface area contributed by atoms with Gasteiger partial charge in [0.05, 0.1) is 7.11 Å². The molecule has 0 atom stereocenters. The highest BCUT2D eigenvalue weighted by Crippen LogP contribution is 2.16. The molecule has 2 rings (SSSR count). The number of ether oxygens (including phenoxy) is 1. The maximum Gasteiger partial charge on any atom is 0.321 e. The first-order chi connectivity index (χ1) is 10.1. The Balaban J connectivity index is 1.97. The van der Waals surface area contributed by atoms with Gasteiger partial charge in [-0.15, -0.1) is 0 Å². The molecule has 0 aliphatic carbocycles. The number of nitrogens with one attached hydrogen (secondary N) is 1. The van der Waals surface area contributed by atoms with Crippen LogP contribution in [0.1, 0.15) is 5.56 Å². The average molecular weight is 305 g/mol. The Morgan fingerprint density at radius 3 is 2.62 bits per heavy atom. The Morgan fingerprint density at radius 2 is 1.95 bits per heavy atom. The monoisotopic (exact) mass is 304 g/mol. The third-order valence-electron chi connectivity index (χ3n) is 3.00. The van der Waals surface area contributed by atoms with Gasteiger partial charge in [-0.05, 0) is 42.0 Å². The van der Waals surface area contributed by atoms with Crippen molar-refractivity contribution < 1.29 is 9.53 Å². The van der Waals surface area contributed by atoms with E-state index >= 15 is 0 Å². The first kappa shape index (κ1) is 15.2. The summed E-state index contributed by atoms with van der Waals surface area (Å²) in [5.74, 6) is 0.777. The first-order valence-electron chi connectivity index (χ1n) is 6.49. The molecular weight excluding hydrogens is 288 g/mol. The lowest BCUT2D eigenvalue weighted by Gasteiger charge is -2.18. The molecule has 110 valence electrons. The van der Waals surface area contributed by atoms with Crippen molar-refractivity contribution in [1.82, 2.24) is 4.90 Å². The number of carbonyl (C=O) groups is 1. The summed E-state index contributed by atoms with van der Waals surface area (Å²) in [5.41, 5.74) is 1.71. The van der Waals surface area contributed by atoms with Crippen LogP contribution in [0.2, 0.25) is 5.02 Å². The second kappa shape index (κ2) is 6.99. The third-order valence-corrected chi connectivity index (χ3v) is 3.25. The van der Waals surface area contributed by atoms with Crippen LogP contribution in [0.4, 0.5) is 10.5 Å². The molecule has 5 heteroatoms. The van der Waals surface area contributed by atoms with Gasteiger partial charge in [-0.25, -0.2) is 4.79 Å². The van der Waals surface area contributed by atoms with Crippen LogP contribution in [-0.2, 0) is 6.54 Å².